The van der Waals surface area contributed by atoms with Crippen LogP contribution < -0.4 is 5.32 Å². The number of hydrogen-bond donors (Lipinski definition) is 1. The SMILES string of the molecule is CCC(CC)Cn1ccc(CNCC(C)C)n1. The van der Waals surface area contributed by atoms with Crippen molar-refractivity contribution in [2.45, 2.75) is 53.6 Å². The van der Waals surface area contributed by atoms with Gasteiger partial charge in [0, 0.05) is 19.3 Å². The van der Waals surface area contributed by atoms with Crippen molar-refractivity contribution in [3.05, 3.63) is 18.0 Å². The highest BCUT2D eigenvalue weighted by atomic mass is 15.3. The van der Waals surface area contributed by atoms with Crippen LogP contribution in [0, 0.1) is 11.8 Å². The molecule has 1 aromatic heterocycles. The first kappa shape index (κ1) is 14.2. The zero-order valence-corrected chi connectivity index (χ0v) is 11.7. The highest BCUT2D eigenvalue weighted by Gasteiger charge is 2.06. The smallest absolute Gasteiger partial charge is 0.0762 e. The number of nitrogens with zero attached hydrogens (tertiary/aromatic N) is 2. The van der Waals surface area contributed by atoms with Gasteiger partial charge in [0.05, 0.1) is 5.69 Å². The number of hydrogen-bond acceptors (Lipinski definition) is 2. The fourth-order valence-corrected chi connectivity index (χ4v) is 1.90. The van der Waals surface area contributed by atoms with E-state index in [4.69, 9.17) is 0 Å². The second-order valence-corrected chi connectivity index (χ2v) is 5.24. The first-order valence-corrected chi connectivity index (χ1v) is 6.88. The predicted molar refractivity (Wildman–Crippen MR) is 72.8 cm³/mol. The van der Waals surface area contributed by atoms with E-state index in [1.165, 1.54) is 12.8 Å². The molecule has 0 fully saturated rings. The highest BCUT2D eigenvalue weighted by molar-refractivity contribution is 4.98. The first-order chi connectivity index (χ1) is 8.15. The summed E-state index contributed by atoms with van der Waals surface area (Å²) < 4.78 is 2.09. The Hall–Kier alpha value is -0.830. The standard InChI is InChI=1S/C14H27N3/c1-5-13(6-2)11-17-8-7-14(16-17)10-15-9-12(3)4/h7-8,12-13,15H,5-6,9-11H2,1-4H3. The molecule has 1 N–H and O–H groups in total. The van der Waals surface area contributed by atoms with Gasteiger partial charge in [0.1, 0.15) is 0 Å². The summed E-state index contributed by atoms with van der Waals surface area (Å²) in [6.45, 7) is 11.9. The van der Waals surface area contributed by atoms with Crippen LogP contribution in [-0.4, -0.2) is 16.3 Å². The molecule has 0 atom stereocenters. The van der Waals surface area contributed by atoms with Crippen molar-refractivity contribution < 1.29 is 0 Å². The maximum Gasteiger partial charge on any atom is 0.0762 e. The summed E-state index contributed by atoms with van der Waals surface area (Å²) in [5.41, 5.74) is 1.15. The van der Waals surface area contributed by atoms with Gasteiger partial charge in [-0.1, -0.05) is 40.5 Å². The summed E-state index contributed by atoms with van der Waals surface area (Å²) in [5.74, 6) is 1.45. The molecule has 0 aliphatic carbocycles. The minimum Gasteiger partial charge on any atom is -0.311 e. The van der Waals surface area contributed by atoms with E-state index in [1.807, 2.05) is 0 Å². The lowest BCUT2D eigenvalue weighted by Gasteiger charge is -2.11. The molecule has 1 aromatic rings. The van der Waals surface area contributed by atoms with E-state index < -0.39 is 0 Å². The largest absolute Gasteiger partial charge is 0.311 e. The van der Waals surface area contributed by atoms with E-state index in [-0.39, 0.29) is 0 Å². The first-order valence-electron chi connectivity index (χ1n) is 6.88. The Morgan fingerprint density at radius 2 is 2.00 bits per heavy atom. The molecule has 0 saturated heterocycles. The van der Waals surface area contributed by atoms with Gasteiger partial charge < -0.3 is 5.32 Å². The normalized spacial score (nSPS) is 11.6. The molecule has 3 heteroatoms. The van der Waals surface area contributed by atoms with Crippen molar-refractivity contribution in [1.29, 1.82) is 0 Å². The van der Waals surface area contributed by atoms with Gasteiger partial charge in [-0.2, -0.15) is 5.10 Å². The lowest BCUT2D eigenvalue weighted by molar-refractivity contribution is 0.393. The molecule has 0 aliphatic heterocycles. The minimum absolute atomic E-state index is 0.696. The van der Waals surface area contributed by atoms with Crippen molar-refractivity contribution >= 4 is 0 Å². The van der Waals surface area contributed by atoms with Crippen molar-refractivity contribution in [3.63, 3.8) is 0 Å². The lowest BCUT2D eigenvalue weighted by atomic mass is 10.0. The molecule has 0 unspecified atom stereocenters. The van der Waals surface area contributed by atoms with Crippen LogP contribution in [0.1, 0.15) is 46.2 Å². The van der Waals surface area contributed by atoms with E-state index in [0.717, 1.165) is 31.2 Å². The highest BCUT2D eigenvalue weighted by Crippen LogP contribution is 2.10. The maximum atomic E-state index is 4.60. The molecule has 0 aromatic carbocycles. The Kier molecular flexibility index (Phi) is 6.27. The number of aromatic nitrogens is 2. The zero-order valence-electron chi connectivity index (χ0n) is 11.7. The molecule has 1 heterocycles. The summed E-state index contributed by atoms with van der Waals surface area (Å²) in [5, 5.41) is 8.02. The topological polar surface area (TPSA) is 29.9 Å². The molecule has 0 saturated carbocycles. The summed E-state index contributed by atoms with van der Waals surface area (Å²) in [4.78, 5) is 0. The molecule has 0 spiro atoms. The van der Waals surface area contributed by atoms with E-state index in [9.17, 15) is 0 Å². The average molecular weight is 237 g/mol. The third-order valence-electron chi connectivity index (χ3n) is 3.15. The van der Waals surface area contributed by atoms with Gasteiger partial charge in [0.15, 0.2) is 0 Å². The molecule has 17 heavy (non-hydrogen) atoms. The van der Waals surface area contributed by atoms with E-state index >= 15 is 0 Å². The van der Waals surface area contributed by atoms with Crippen molar-refractivity contribution in [3.8, 4) is 0 Å². The maximum absolute atomic E-state index is 4.60. The van der Waals surface area contributed by atoms with Crippen LogP contribution in [0.15, 0.2) is 12.3 Å². The van der Waals surface area contributed by atoms with Gasteiger partial charge in [-0.15, -0.1) is 0 Å². The molecule has 3 nitrogen and oxygen atoms in total. The second kappa shape index (κ2) is 7.49. The van der Waals surface area contributed by atoms with Crippen LogP contribution in [0.3, 0.4) is 0 Å². The summed E-state index contributed by atoms with van der Waals surface area (Å²) in [7, 11) is 0. The molecular weight excluding hydrogens is 210 g/mol. The Balaban J connectivity index is 2.37. The van der Waals surface area contributed by atoms with E-state index in [2.05, 4.69) is 55.1 Å². The summed E-state index contributed by atoms with van der Waals surface area (Å²) in [6.07, 6.45) is 4.57. The van der Waals surface area contributed by atoms with Crippen LogP contribution in [0.5, 0.6) is 0 Å². The van der Waals surface area contributed by atoms with Crippen LogP contribution in [-0.2, 0) is 13.1 Å². The van der Waals surface area contributed by atoms with Crippen LogP contribution >= 0.6 is 0 Å². The average Bonchev–Trinajstić information content (AvgIpc) is 2.73. The number of nitrogens with one attached hydrogen (secondary N) is 1. The Bertz CT molecular complexity index is 300. The summed E-state index contributed by atoms with van der Waals surface area (Å²) >= 11 is 0. The van der Waals surface area contributed by atoms with Crippen molar-refractivity contribution in [2.24, 2.45) is 11.8 Å². The van der Waals surface area contributed by atoms with Gasteiger partial charge >= 0.3 is 0 Å². The van der Waals surface area contributed by atoms with Crippen LogP contribution in [0.2, 0.25) is 0 Å². The number of rotatable bonds is 8. The minimum atomic E-state index is 0.696. The molecule has 0 aliphatic rings. The van der Waals surface area contributed by atoms with Crippen molar-refractivity contribution in [2.75, 3.05) is 6.54 Å². The van der Waals surface area contributed by atoms with Gasteiger partial charge in [0.2, 0.25) is 0 Å². The van der Waals surface area contributed by atoms with E-state index in [1.54, 1.807) is 0 Å². The quantitative estimate of drug-likeness (QED) is 0.753. The predicted octanol–water partition coefficient (Wildman–Crippen LogP) is 3.06. The third kappa shape index (κ3) is 5.35. The van der Waals surface area contributed by atoms with Gasteiger partial charge in [0.25, 0.3) is 0 Å². The molecule has 0 bridgehead atoms. The van der Waals surface area contributed by atoms with Gasteiger partial charge in [-0.3, -0.25) is 4.68 Å². The van der Waals surface area contributed by atoms with Crippen LogP contribution in [0.25, 0.3) is 0 Å². The monoisotopic (exact) mass is 237 g/mol. The Morgan fingerprint density at radius 1 is 1.29 bits per heavy atom. The fourth-order valence-electron chi connectivity index (χ4n) is 1.90. The third-order valence-corrected chi connectivity index (χ3v) is 3.15. The molecule has 1 rings (SSSR count). The Labute approximate surface area is 106 Å². The molecule has 0 radical (unpaired) electrons. The van der Waals surface area contributed by atoms with Crippen molar-refractivity contribution in [1.82, 2.24) is 15.1 Å². The Morgan fingerprint density at radius 3 is 2.59 bits per heavy atom. The fraction of sp³-hybridized carbons (Fsp3) is 0.786. The molecule has 98 valence electrons. The van der Waals surface area contributed by atoms with Gasteiger partial charge in [-0.25, -0.2) is 0 Å². The molecule has 0 amide bonds. The van der Waals surface area contributed by atoms with E-state index in [0.29, 0.717) is 5.92 Å². The summed E-state index contributed by atoms with van der Waals surface area (Å²) in [6, 6.07) is 2.12. The second-order valence-electron chi connectivity index (χ2n) is 5.24. The van der Waals surface area contributed by atoms with Gasteiger partial charge in [-0.05, 0) is 24.4 Å². The zero-order chi connectivity index (χ0) is 12.7. The van der Waals surface area contributed by atoms with Crippen LogP contribution in [0.4, 0.5) is 0 Å². The lowest BCUT2D eigenvalue weighted by Crippen LogP contribution is -2.19. The molecular formula is C14H27N3.